The molecule has 5 heteroatoms. The Morgan fingerprint density at radius 2 is 1.69 bits per heavy atom. The van der Waals surface area contributed by atoms with Gasteiger partial charge in [-0.25, -0.2) is 0 Å². The molecule has 1 aliphatic carbocycles. The fourth-order valence-corrected chi connectivity index (χ4v) is 5.88. The van der Waals surface area contributed by atoms with Crippen LogP contribution in [0.3, 0.4) is 0 Å². The zero-order chi connectivity index (χ0) is 21.9. The van der Waals surface area contributed by atoms with E-state index in [1.54, 1.807) is 0 Å². The number of aliphatic hydroxyl groups is 1. The summed E-state index contributed by atoms with van der Waals surface area (Å²) < 4.78 is 12.3. The second-order valence-electron chi connectivity index (χ2n) is 9.51. The van der Waals surface area contributed by atoms with Gasteiger partial charge in [0, 0.05) is 57.4 Å². The van der Waals surface area contributed by atoms with E-state index in [0.29, 0.717) is 11.8 Å². The SMILES string of the molecule is CCOC(CN1CCN(CC2CC[C@@H](O)C3Oc4ccccc4C23)CC1)c1ccccc1. The van der Waals surface area contributed by atoms with E-state index in [2.05, 4.69) is 65.3 Å². The minimum atomic E-state index is -0.353. The maximum atomic E-state index is 10.6. The van der Waals surface area contributed by atoms with Crippen LogP contribution in [0.5, 0.6) is 5.75 Å². The summed E-state index contributed by atoms with van der Waals surface area (Å²) in [4.78, 5) is 5.17. The van der Waals surface area contributed by atoms with Crippen molar-refractivity contribution in [1.82, 2.24) is 9.80 Å². The van der Waals surface area contributed by atoms with Gasteiger partial charge in [-0.3, -0.25) is 4.90 Å². The third-order valence-electron chi connectivity index (χ3n) is 7.54. The van der Waals surface area contributed by atoms with Crippen LogP contribution in [0.1, 0.15) is 42.9 Å². The molecule has 32 heavy (non-hydrogen) atoms. The monoisotopic (exact) mass is 436 g/mol. The Morgan fingerprint density at radius 1 is 0.969 bits per heavy atom. The summed E-state index contributed by atoms with van der Waals surface area (Å²) in [6, 6.07) is 19.0. The van der Waals surface area contributed by atoms with Gasteiger partial charge in [-0.1, -0.05) is 48.5 Å². The molecule has 4 unspecified atom stereocenters. The lowest BCUT2D eigenvalue weighted by atomic mass is 9.73. The van der Waals surface area contributed by atoms with E-state index in [-0.39, 0.29) is 18.3 Å². The molecule has 2 aromatic rings. The summed E-state index contributed by atoms with van der Waals surface area (Å²) in [5.41, 5.74) is 2.56. The Labute approximate surface area is 191 Å². The highest BCUT2D eigenvalue weighted by Gasteiger charge is 2.46. The zero-order valence-corrected chi connectivity index (χ0v) is 19.1. The first-order valence-corrected chi connectivity index (χ1v) is 12.3. The predicted octanol–water partition coefficient (Wildman–Crippen LogP) is 3.70. The molecule has 2 aromatic carbocycles. The third kappa shape index (κ3) is 4.58. The van der Waals surface area contributed by atoms with Gasteiger partial charge in [0.1, 0.15) is 11.9 Å². The third-order valence-corrected chi connectivity index (χ3v) is 7.54. The van der Waals surface area contributed by atoms with E-state index in [1.165, 1.54) is 11.1 Å². The molecular formula is C27H36N2O3. The quantitative estimate of drug-likeness (QED) is 0.717. The summed E-state index contributed by atoms with van der Waals surface area (Å²) in [6.45, 7) is 9.19. The first kappa shape index (κ1) is 21.9. The molecule has 172 valence electrons. The van der Waals surface area contributed by atoms with Gasteiger partial charge in [-0.2, -0.15) is 0 Å². The van der Waals surface area contributed by atoms with Crippen molar-refractivity contribution >= 4 is 0 Å². The molecule has 1 saturated carbocycles. The van der Waals surface area contributed by atoms with Gasteiger partial charge in [0.05, 0.1) is 12.2 Å². The van der Waals surface area contributed by atoms with Crippen molar-refractivity contribution in [2.45, 2.75) is 44.0 Å². The first-order chi connectivity index (χ1) is 15.7. The van der Waals surface area contributed by atoms with Crippen LogP contribution in [0.2, 0.25) is 0 Å². The average molecular weight is 437 g/mol. The molecule has 1 saturated heterocycles. The van der Waals surface area contributed by atoms with E-state index in [1.807, 2.05) is 6.07 Å². The molecule has 2 heterocycles. The number of fused-ring (bicyclic) bond motifs is 3. The number of benzene rings is 2. The van der Waals surface area contributed by atoms with Crippen LogP contribution < -0.4 is 4.74 Å². The maximum absolute atomic E-state index is 10.6. The van der Waals surface area contributed by atoms with Crippen molar-refractivity contribution in [2.24, 2.45) is 5.92 Å². The molecule has 0 radical (unpaired) electrons. The van der Waals surface area contributed by atoms with Gasteiger partial charge in [-0.15, -0.1) is 0 Å². The van der Waals surface area contributed by atoms with E-state index < -0.39 is 0 Å². The minimum Gasteiger partial charge on any atom is -0.487 e. The van der Waals surface area contributed by atoms with Crippen molar-refractivity contribution < 1.29 is 14.6 Å². The van der Waals surface area contributed by atoms with E-state index >= 15 is 0 Å². The summed E-state index contributed by atoms with van der Waals surface area (Å²) in [5, 5.41) is 10.6. The minimum absolute atomic E-state index is 0.0785. The number of nitrogens with zero attached hydrogens (tertiary/aromatic N) is 2. The number of para-hydroxylation sites is 1. The van der Waals surface area contributed by atoms with E-state index in [4.69, 9.17) is 9.47 Å². The molecule has 0 aromatic heterocycles. The fourth-order valence-electron chi connectivity index (χ4n) is 5.88. The van der Waals surface area contributed by atoms with Crippen molar-refractivity contribution in [3.63, 3.8) is 0 Å². The number of rotatable bonds is 7. The number of aliphatic hydroxyl groups excluding tert-OH is 1. The molecule has 3 aliphatic rings. The van der Waals surface area contributed by atoms with Crippen LogP contribution in [0, 0.1) is 5.92 Å². The Morgan fingerprint density at radius 3 is 2.47 bits per heavy atom. The number of ether oxygens (including phenoxy) is 2. The standard InChI is InChI=1S/C27H36N2O3/c1-2-31-25(20-8-4-3-5-9-20)19-29-16-14-28(15-17-29)18-21-12-13-23(30)27-26(21)22-10-6-7-11-24(22)32-27/h3-11,21,23,25-27,30H,2,12-19H2,1H3/t21?,23-,25?,26?,27?/m1/s1. The van der Waals surface area contributed by atoms with Crippen LogP contribution in [0.15, 0.2) is 54.6 Å². The van der Waals surface area contributed by atoms with Gasteiger partial charge in [-0.05, 0) is 37.3 Å². The van der Waals surface area contributed by atoms with Crippen molar-refractivity contribution in [3.05, 3.63) is 65.7 Å². The topological polar surface area (TPSA) is 45.2 Å². The zero-order valence-electron chi connectivity index (χ0n) is 19.1. The molecule has 0 spiro atoms. The maximum Gasteiger partial charge on any atom is 0.132 e. The molecule has 2 fully saturated rings. The second kappa shape index (κ2) is 9.92. The van der Waals surface area contributed by atoms with Crippen LogP contribution in [0.4, 0.5) is 0 Å². The van der Waals surface area contributed by atoms with Gasteiger partial charge < -0.3 is 19.5 Å². The molecule has 0 amide bonds. The molecule has 5 nitrogen and oxygen atoms in total. The summed E-state index contributed by atoms with van der Waals surface area (Å²) in [5.74, 6) is 1.83. The van der Waals surface area contributed by atoms with E-state index in [0.717, 1.165) is 64.5 Å². The molecule has 0 bridgehead atoms. The average Bonchev–Trinajstić information content (AvgIpc) is 3.23. The first-order valence-electron chi connectivity index (χ1n) is 12.3. The smallest absolute Gasteiger partial charge is 0.132 e. The second-order valence-corrected chi connectivity index (χ2v) is 9.51. The van der Waals surface area contributed by atoms with Crippen LogP contribution in [-0.4, -0.2) is 73.0 Å². The van der Waals surface area contributed by atoms with Crippen LogP contribution in [0.25, 0.3) is 0 Å². The Bertz CT molecular complexity index is 868. The van der Waals surface area contributed by atoms with Crippen LogP contribution >= 0.6 is 0 Å². The lowest BCUT2D eigenvalue weighted by Gasteiger charge is -2.41. The number of hydrogen-bond acceptors (Lipinski definition) is 5. The van der Waals surface area contributed by atoms with Gasteiger partial charge in [0.15, 0.2) is 0 Å². The highest BCUT2D eigenvalue weighted by Crippen LogP contribution is 2.48. The van der Waals surface area contributed by atoms with E-state index in [9.17, 15) is 5.11 Å². The Kier molecular flexibility index (Phi) is 6.79. The van der Waals surface area contributed by atoms with Crippen molar-refractivity contribution in [2.75, 3.05) is 45.9 Å². The summed E-state index contributed by atoms with van der Waals surface area (Å²) >= 11 is 0. The highest BCUT2D eigenvalue weighted by atomic mass is 16.5. The number of hydrogen-bond donors (Lipinski definition) is 1. The number of piperazine rings is 1. The Hall–Kier alpha value is -1.92. The van der Waals surface area contributed by atoms with Crippen LogP contribution in [-0.2, 0) is 4.74 Å². The van der Waals surface area contributed by atoms with Gasteiger partial charge in [0.25, 0.3) is 0 Å². The molecule has 5 rings (SSSR count). The predicted molar refractivity (Wildman–Crippen MR) is 126 cm³/mol. The molecular weight excluding hydrogens is 400 g/mol. The lowest BCUT2D eigenvalue weighted by Crippen LogP contribution is -2.51. The van der Waals surface area contributed by atoms with Crippen molar-refractivity contribution in [1.29, 1.82) is 0 Å². The summed E-state index contributed by atoms with van der Waals surface area (Å²) in [6.07, 6.45) is 1.62. The van der Waals surface area contributed by atoms with Crippen molar-refractivity contribution in [3.8, 4) is 5.75 Å². The Balaban J connectivity index is 1.18. The molecule has 5 atom stereocenters. The van der Waals surface area contributed by atoms with Gasteiger partial charge >= 0.3 is 0 Å². The normalized spacial score (nSPS) is 29.2. The summed E-state index contributed by atoms with van der Waals surface area (Å²) in [7, 11) is 0. The largest absolute Gasteiger partial charge is 0.487 e. The lowest BCUT2D eigenvalue weighted by molar-refractivity contribution is -0.0212. The van der Waals surface area contributed by atoms with Gasteiger partial charge in [0.2, 0.25) is 0 Å². The highest BCUT2D eigenvalue weighted by molar-refractivity contribution is 5.42. The molecule has 2 aliphatic heterocycles. The fraction of sp³-hybridized carbons (Fsp3) is 0.556. The molecule has 1 N–H and O–H groups in total.